The number of Topliss-reactive ketones (excluding diaryl/α,β-unsaturated/α-hetero) is 1. The van der Waals surface area contributed by atoms with Gasteiger partial charge < -0.3 is 4.74 Å². The van der Waals surface area contributed by atoms with Crippen molar-refractivity contribution in [3.8, 4) is 5.75 Å². The molecule has 1 aromatic rings. The number of hydrogen-bond donors (Lipinski definition) is 0. The van der Waals surface area contributed by atoms with Crippen LogP contribution in [0, 0.1) is 5.92 Å². The Morgan fingerprint density at radius 3 is 2.62 bits per heavy atom. The molecule has 3 rings (SSSR count). The van der Waals surface area contributed by atoms with E-state index in [1.165, 1.54) is 32.1 Å². The molecule has 1 aromatic carbocycles. The highest BCUT2D eigenvalue weighted by molar-refractivity contribution is 6.00. The van der Waals surface area contributed by atoms with Gasteiger partial charge in [0.15, 0.2) is 5.78 Å². The van der Waals surface area contributed by atoms with Crippen molar-refractivity contribution in [2.75, 3.05) is 13.7 Å². The van der Waals surface area contributed by atoms with Crippen molar-refractivity contribution in [2.45, 2.75) is 51.1 Å². The molecule has 114 valence electrons. The quantitative estimate of drug-likeness (QED) is 0.793. The van der Waals surface area contributed by atoms with Crippen LogP contribution < -0.4 is 4.74 Å². The molecule has 0 amide bonds. The second-order valence-corrected chi connectivity index (χ2v) is 6.41. The van der Waals surface area contributed by atoms with Crippen molar-refractivity contribution < 1.29 is 9.53 Å². The van der Waals surface area contributed by atoms with Crippen molar-refractivity contribution in [3.05, 3.63) is 29.8 Å². The van der Waals surface area contributed by atoms with E-state index in [0.717, 1.165) is 23.8 Å². The minimum Gasteiger partial charge on any atom is -0.497 e. The smallest absolute Gasteiger partial charge is 0.179 e. The number of ether oxygens (including phenoxy) is 1. The van der Waals surface area contributed by atoms with Gasteiger partial charge in [-0.3, -0.25) is 9.69 Å². The molecule has 3 nitrogen and oxygen atoms in total. The number of hydrogen-bond acceptors (Lipinski definition) is 3. The Morgan fingerprint density at radius 1 is 1.19 bits per heavy atom. The molecule has 0 aromatic heterocycles. The van der Waals surface area contributed by atoms with Gasteiger partial charge in [0.25, 0.3) is 0 Å². The molecule has 3 heteroatoms. The molecule has 0 N–H and O–H groups in total. The number of rotatable bonds is 4. The van der Waals surface area contributed by atoms with Crippen molar-refractivity contribution in [1.82, 2.24) is 4.90 Å². The average Bonchev–Trinajstić information content (AvgIpc) is 2.97. The maximum absolute atomic E-state index is 12.7. The maximum atomic E-state index is 12.7. The minimum absolute atomic E-state index is 0.00788. The van der Waals surface area contributed by atoms with Crippen LogP contribution in [0.2, 0.25) is 0 Å². The second-order valence-electron chi connectivity index (χ2n) is 6.41. The Labute approximate surface area is 127 Å². The van der Waals surface area contributed by atoms with Gasteiger partial charge >= 0.3 is 0 Å². The van der Waals surface area contributed by atoms with Crippen LogP contribution in [0.25, 0.3) is 0 Å². The van der Waals surface area contributed by atoms with E-state index in [2.05, 4.69) is 11.8 Å². The fraction of sp³-hybridized carbons (Fsp3) is 0.611. The number of likely N-dealkylation sites (tertiary alicyclic amines) is 1. The van der Waals surface area contributed by atoms with Crippen LogP contribution in [-0.2, 0) is 0 Å². The Morgan fingerprint density at radius 2 is 1.90 bits per heavy atom. The minimum atomic E-state index is -0.00788. The summed E-state index contributed by atoms with van der Waals surface area (Å²) in [6.45, 7) is 3.15. The van der Waals surface area contributed by atoms with Crippen molar-refractivity contribution in [2.24, 2.45) is 5.92 Å². The lowest BCUT2D eigenvalue weighted by atomic mass is 9.85. The molecule has 2 fully saturated rings. The molecule has 1 aliphatic carbocycles. The van der Waals surface area contributed by atoms with E-state index >= 15 is 0 Å². The molecule has 1 saturated heterocycles. The molecule has 0 radical (unpaired) electrons. The molecule has 0 bridgehead atoms. The monoisotopic (exact) mass is 287 g/mol. The van der Waals surface area contributed by atoms with Crippen LogP contribution in [-0.4, -0.2) is 36.4 Å². The van der Waals surface area contributed by atoms with Gasteiger partial charge in [0.1, 0.15) is 5.75 Å². The molecular weight excluding hydrogens is 262 g/mol. The summed E-state index contributed by atoms with van der Waals surface area (Å²) >= 11 is 0. The highest BCUT2D eigenvalue weighted by atomic mass is 16.5. The summed E-state index contributed by atoms with van der Waals surface area (Å²) in [5.74, 6) is 1.86. The van der Waals surface area contributed by atoms with Gasteiger partial charge in [-0.2, -0.15) is 0 Å². The van der Waals surface area contributed by atoms with Crippen LogP contribution in [0.1, 0.15) is 49.4 Å². The first-order valence-corrected chi connectivity index (χ1v) is 8.14. The number of fused-ring (bicyclic) bond motifs is 1. The zero-order valence-electron chi connectivity index (χ0n) is 13.0. The topological polar surface area (TPSA) is 29.5 Å². The zero-order chi connectivity index (χ0) is 14.8. The van der Waals surface area contributed by atoms with Gasteiger partial charge in [-0.25, -0.2) is 0 Å². The van der Waals surface area contributed by atoms with E-state index in [1.54, 1.807) is 7.11 Å². The summed E-state index contributed by atoms with van der Waals surface area (Å²) in [6, 6.07) is 8.13. The van der Waals surface area contributed by atoms with E-state index in [9.17, 15) is 4.79 Å². The lowest BCUT2D eigenvalue weighted by Crippen LogP contribution is -2.44. The van der Waals surface area contributed by atoms with Crippen molar-refractivity contribution in [3.63, 3.8) is 0 Å². The summed E-state index contributed by atoms with van der Waals surface area (Å²) in [6.07, 6.45) is 6.58. The lowest BCUT2D eigenvalue weighted by Gasteiger charge is -2.35. The predicted octanol–water partition coefficient (Wildman–Crippen LogP) is 3.53. The third kappa shape index (κ3) is 2.84. The fourth-order valence-corrected chi connectivity index (χ4v) is 4.07. The molecule has 0 spiro atoms. The largest absolute Gasteiger partial charge is 0.497 e. The molecule has 3 atom stereocenters. The summed E-state index contributed by atoms with van der Waals surface area (Å²) in [5.41, 5.74) is 0.794. The van der Waals surface area contributed by atoms with E-state index in [1.807, 2.05) is 24.3 Å². The molecule has 2 aliphatic rings. The van der Waals surface area contributed by atoms with Gasteiger partial charge in [-0.05, 0) is 62.9 Å². The maximum Gasteiger partial charge on any atom is 0.179 e. The fourth-order valence-electron chi connectivity index (χ4n) is 4.07. The van der Waals surface area contributed by atoms with E-state index in [0.29, 0.717) is 6.04 Å². The third-order valence-corrected chi connectivity index (χ3v) is 5.30. The van der Waals surface area contributed by atoms with Gasteiger partial charge in [-0.15, -0.1) is 0 Å². The molecule has 1 heterocycles. The predicted molar refractivity (Wildman–Crippen MR) is 83.9 cm³/mol. The first-order chi connectivity index (χ1) is 10.2. The summed E-state index contributed by atoms with van der Waals surface area (Å²) in [4.78, 5) is 15.2. The van der Waals surface area contributed by atoms with Crippen molar-refractivity contribution >= 4 is 5.78 Å². The lowest BCUT2D eigenvalue weighted by molar-refractivity contribution is 0.0771. The Bertz CT molecular complexity index is 496. The summed E-state index contributed by atoms with van der Waals surface area (Å²) in [7, 11) is 1.65. The molecule has 1 saturated carbocycles. The summed E-state index contributed by atoms with van der Waals surface area (Å²) in [5, 5.41) is 0. The van der Waals surface area contributed by atoms with Gasteiger partial charge in [-0.1, -0.05) is 12.8 Å². The molecular formula is C18H25NO2. The average molecular weight is 287 g/mol. The standard InChI is InChI=1S/C18H25NO2/c1-13(18(20)15-7-9-16(21-2)10-8-15)19-12-11-14-5-3-4-6-17(14)19/h7-10,13-14,17H,3-6,11-12H2,1-2H3. The number of benzene rings is 1. The van der Waals surface area contributed by atoms with Gasteiger partial charge in [0.05, 0.1) is 13.2 Å². The van der Waals surface area contributed by atoms with Gasteiger partial charge in [0.2, 0.25) is 0 Å². The van der Waals surface area contributed by atoms with Crippen LogP contribution in [0.15, 0.2) is 24.3 Å². The number of carbonyl (C=O) groups excluding carboxylic acids is 1. The second kappa shape index (κ2) is 6.18. The van der Waals surface area contributed by atoms with Crippen LogP contribution in [0.5, 0.6) is 5.75 Å². The highest BCUT2D eigenvalue weighted by Gasteiger charge is 2.39. The number of ketones is 1. The summed E-state index contributed by atoms with van der Waals surface area (Å²) < 4.78 is 5.16. The highest BCUT2D eigenvalue weighted by Crippen LogP contribution is 2.37. The Hall–Kier alpha value is -1.35. The molecule has 21 heavy (non-hydrogen) atoms. The SMILES string of the molecule is COc1ccc(C(=O)C(C)N2CCC3CCCCC32)cc1. The first-order valence-electron chi connectivity index (χ1n) is 8.14. The normalized spacial score (nSPS) is 27.1. The first kappa shape index (κ1) is 14.6. The van der Waals surface area contributed by atoms with Gasteiger partial charge in [0, 0.05) is 11.6 Å². The Kier molecular flexibility index (Phi) is 4.29. The van der Waals surface area contributed by atoms with Crippen LogP contribution in [0.3, 0.4) is 0 Å². The van der Waals surface area contributed by atoms with Crippen LogP contribution >= 0.6 is 0 Å². The Balaban J connectivity index is 1.71. The molecule has 1 aliphatic heterocycles. The number of carbonyl (C=O) groups is 1. The van der Waals surface area contributed by atoms with Crippen LogP contribution in [0.4, 0.5) is 0 Å². The third-order valence-electron chi connectivity index (χ3n) is 5.30. The van der Waals surface area contributed by atoms with E-state index < -0.39 is 0 Å². The number of methoxy groups -OCH3 is 1. The van der Waals surface area contributed by atoms with Crippen molar-refractivity contribution in [1.29, 1.82) is 0 Å². The number of nitrogens with zero attached hydrogens (tertiary/aromatic N) is 1. The van der Waals surface area contributed by atoms with E-state index in [-0.39, 0.29) is 11.8 Å². The van der Waals surface area contributed by atoms with E-state index in [4.69, 9.17) is 4.74 Å². The zero-order valence-corrected chi connectivity index (χ0v) is 13.0. The molecule has 3 unspecified atom stereocenters.